The molecular formula is C15H17NO3. The van der Waals surface area contributed by atoms with Crippen LogP contribution in [0.1, 0.15) is 31.2 Å². The summed E-state index contributed by atoms with van der Waals surface area (Å²) in [7, 11) is 1.63. The van der Waals surface area contributed by atoms with Crippen molar-refractivity contribution in [3.05, 3.63) is 23.8 Å². The molecule has 0 N–H and O–H groups in total. The minimum absolute atomic E-state index is 0.421. The lowest BCUT2D eigenvalue weighted by Gasteiger charge is -2.18. The number of hydrogen-bond acceptors (Lipinski definition) is 4. The standard InChI is InChI=1S/C15H17NO3/c1-18-13-4-2-3-12(15(7-8-15)16-10-17)14(13)19-9-11-5-6-11/h2-4,11H,5-9H2,1H3. The van der Waals surface area contributed by atoms with Gasteiger partial charge in [-0.2, -0.15) is 4.99 Å². The van der Waals surface area contributed by atoms with Crippen molar-refractivity contribution in [2.45, 2.75) is 31.2 Å². The van der Waals surface area contributed by atoms with E-state index < -0.39 is 5.54 Å². The van der Waals surface area contributed by atoms with E-state index in [-0.39, 0.29) is 0 Å². The van der Waals surface area contributed by atoms with Crippen molar-refractivity contribution in [2.75, 3.05) is 13.7 Å². The highest BCUT2D eigenvalue weighted by molar-refractivity contribution is 5.53. The number of methoxy groups -OCH3 is 1. The molecule has 0 aromatic heterocycles. The summed E-state index contributed by atoms with van der Waals surface area (Å²) >= 11 is 0. The fourth-order valence-electron chi connectivity index (χ4n) is 2.32. The van der Waals surface area contributed by atoms with Gasteiger partial charge in [0.1, 0.15) is 5.54 Å². The van der Waals surface area contributed by atoms with E-state index in [1.165, 1.54) is 12.8 Å². The molecule has 0 heterocycles. The maximum absolute atomic E-state index is 10.6. The van der Waals surface area contributed by atoms with Crippen molar-refractivity contribution in [3.63, 3.8) is 0 Å². The molecule has 0 saturated heterocycles. The van der Waals surface area contributed by atoms with Gasteiger partial charge in [-0.25, -0.2) is 4.79 Å². The lowest BCUT2D eigenvalue weighted by Crippen LogP contribution is -2.09. The molecule has 3 rings (SSSR count). The van der Waals surface area contributed by atoms with Gasteiger partial charge in [0, 0.05) is 5.56 Å². The number of isocyanates is 1. The van der Waals surface area contributed by atoms with E-state index in [1.54, 1.807) is 13.2 Å². The zero-order chi connectivity index (χ0) is 13.3. The smallest absolute Gasteiger partial charge is 0.235 e. The molecule has 2 aliphatic rings. The van der Waals surface area contributed by atoms with Crippen LogP contribution in [-0.4, -0.2) is 19.8 Å². The van der Waals surface area contributed by atoms with Gasteiger partial charge in [0.15, 0.2) is 11.5 Å². The van der Waals surface area contributed by atoms with Gasteiger partial charge < -0.3 is 9.47 Å². The molecular weight excluding hydrogens is 242 g/mol. The highest BCUT2D eigenvalue weighted by Gasteiger charge is 2.47. The van der Waals surface area contributed by atoms with E-state index in [1.807, 2.05) is 18.2 Å². The molecule has 2 aliphatic carbocycles. The molecule has 0 atom stereocenters. The lowest BCUT2D eigenvalue weighted by molar-refractivity contribution is 0.275. The van der Waals surface area contributed by atoms with Crippen LogP contribution in [-0.2, 0) is 10.3 Å². The Kier molecular flexibility index (Phi) is 3.03. The number of benzene rings is 1. The van der Waals surface area contributed by atoms with Gasteiger partial charge in [-0.3, -0.25) is 0 Å². The first-order chi connectivity index (χ1) is 9.29. The summed E-state index contributed by atoms with van der Waals surface area (Å²) in [6.07, 6.45) is 5.91. The van der Waals surface area contributed by atoms with E-state index in [0.717, 1.165) is 24.2 Å². The van der Waals surface area contributed by atoms with Crippen molar-refractivity contribution in [1.82, 2.24) is 0 Å². The van der Waals surface area contributed by atoms with E-state index >= 15 is 0 Å². The summed E-state index contributed by atoms with van der Waals surface area (Å²) in [6.45, 7) is 0.717. The minimum Gasteiger partial charge on any atom is -0.493 e. The van der Waals surface area contributed by atoms with Gasteiger partial charge in [0.2, 0.25) is 6.08 Å². The molecule has 0 amide bonds. The number of aliphatic imine (C=N–C) groups is 1. The average molecular weight is 259 g/mol. The van der Waals surface area contributed by atoms with E-state index in [4.69, 9.17) is 9.47 Å². The maximum atomic E-state index is 10.6. The van der Waals surface area contributed by atoms with Crippen LogP contribution in [0.5, 0.6) is 11.5 Å². The SMILES string of the molecule is COc1cccc(C2(N=C=O)CC2)c1OCC1CC1. The third kappa shape index (κ3) is 2.36. The first-order valence-electron chi connectivity index (χ1n) is 6.68. The van der Waals surface area contributed by atoms with Crippen molar-refractivity contribution < 1.29 is 14.3 Å². The molecule has 4 nitrogen and oxygen atoms in total. The number of para-hydroxylation sites is 1. The molecule has 0 bridgehead atoms. The fourth-order valence-corrected chi connectivity index (χ4v) is 2.32. The molecule has 100 valence electrons. The number of ether oxygens (including phenoxy) is 2. The van der Waals surface area contributed by atoms with E-state index in [2.05, 4.69) is 4.99 Å². The number of nitrogens with zero attached hydrogens (tertiary/aromatic N) is 1. The summed E-state index contributed by atoms with van der Waals surface area (Å²) in [5, 5.41) is 0. The van der Waals surface area contributed by atoms with Gasteiger partial charge in [-0.05, 0) is 37.7 Å². The van der Waals surface area contributed by atoms with Crippen molar-refractivity contribution in [2.24, 2.45) is 10.9 Å². The summed E-state index contributed by atoms with van der Waals surface area (Å²) in [5.74, 6) is 2.13. The number of rotatable bonds is 6. The van der Waals surface area contributed by atoms with Crippen LogP contribution in [0.2, 0.25) is 0 Å². The van der Waals surface area contributed by atoms with Crippen molar-refractivity contribution in [1.29, 1.82) is 0 Å². The second-order valence-electron chi connectivity index (χ2n) is 5.33. The number of carbonyl (C=O) groups excluding carboxylic acids is 1. The monoisotopic (exact) mass is 259 g/mol. The molecule has 1 aromatic carbocycles. The summed E-state index contributed by atoms with van der Waals surface area (Å²) in [4.78, 5) is 14.6. The zero-order valence-corrected chi connectivity index (χ0v) is 11.0. The van der Waals surface area contributed by atoms with Crippen LogP contribution in [0.25, 0.3) is 0 Å². The molecule has 4 heteroatoms. The zero-order valence-electron chi connectivity index (χ0n) is 11.0. The fraction of sp³-hybridized carbons (Fsp3) is 0.533. The molecule has 0 spiro atoms. The van der Waals surface area contributed by atoms with Crippen LogP contribution in [0, 0.1) is 5.92 Å². The normalized spacial score (nSPS) is 19.4. The molecule has 0 radical (unpaired) electrons. The maximum Gasteiger partial charge on any atom is 0.235 e. The highest BCUT2D eigenvalue weighted by Crippen LogP contribution is 2.54. The lowest BCUT2D eigenvalue weighted by atomic mass is 10.0. The summed E-state index contributed by atoms with van der Waals surface area (Å²) in [5.41, 5.74) is 0.533. The molecule has 2 fully saturated rings. The van der Waals surface area contributed by atoms with Gasteiger partial charge in [0.05, 0.1) is 13.7 Å². The second-order valence-corrected chi connectivity index (χ2v) is 5.33. The van der Waals surface area contributed by atoms with E-state index in [9.17, 15) is 4.79 Å². The first-order valence-corrected chi connectivity index (χ1v) is 6.68. The Labute approximate surface area is 112 Å². The van der Waals surface area contributed by atoms with Crippen LogP contribution in [0.3, 0.4) is 0 Å². The Balaban J connectivity index is 1.94. The molecule has 1 aromatic rings. The van der Waals surface area contributed by atoms with Gasteiger partial charge in [-0.15, -0.1) is 0 Å². The molecule has 19 heavy (non-hydrogen) atoms. The molecule has 2 saturated carbocycles. The minimum atomic E-state index is -0.421. The highest BCUT2D eigenvalue weighted by atomic mass is 16.5. The molecule has 0 unspecified atom stereocenters. The third-order valence-corrected chi connectivity index (χ3v) is 3.84. The number of hydrogen-bond donors (Lipinski definition) is 0. The Hall–Kier alpha value is -1.80. The van der Waals surface area contributed by atoms with Crippen LogP contribution in [0.4, 0.5) is 0 Å². The average Bonchev–Trinajstić information content (AvgIpc) is 3.32. The van der Waals surface area contributed by atoms with Crippen LogP contribution < -0.4 is 9.47 Å². The Morgan fingerprint density at radius 2 is 2.21 bits per heavy atom. The van der Waals surface area contributed by atoms with Gasteiger partial charge in [-0.1, -0.05) is 12.1 Å². The van der Waals surface area contributed by atoms with E-state index in [0.29, 0.717) is 18.3 Å². The predicted molar refractivity (Wildman–Crippen MR) is 70.2 cm³/mol. The first kappa shape index (κ1) is 12.2. The Morgan fingerprint density at radius 1 is 1.42 bits per heavy atom. The van der Waals surface area contributed by atoms with Gasteiger partial charge >= 0.3 is 0 Å². The second kappa shape index (κ2) is 4.71. The van der Waals surface area contributed by atoms with Crippen LogP contribution in [0.15, 0.2) is 23.2 Å². The summed E-state index contributed by atoms with van der Waals surface area (Å²) < 4.78 is 11.3. The Bertz CT molecular complexity index is 526. The Morgan fingerprint density at radius 3 is 2.79 bits per heavy atom. The summed E-state index contributed by atoms with van der Waals surface area (Å²) in [6, 6.07) is 5.77. The molecule has 0 aliphatic heterocycles. The quantitative estimate of drug-likeness (QED) is 0.583. The van der Waals surface area contributed by atoms with Crippen molar-refractivity contribution >= 4 is 6.08 Å². The topological polar surface area (TPSA) is 47.9 Å². The third-order valence-electron chi connectivity index (χ3n) is 3.84. The van der Waals surface area contributed by atoms with Crippen LogP contribution >= 0.6 is 0 Å². The predicted octanol–water partition coefficient (Wildman–Crippen LogP) is 2.81. The van der Waals surface area contributed by atoms with Gasteiger partial charge in [0.25, 0.3) is 0 Å². The largest absolute Gasteiger partial charge is 0.493 e. The van der Waals surface area contributed by atoms with Crippen molar-refractivity contribution in [3.8, 4) is 11.5 Å².